The van der Waals surface area contributed by atoms with Gasteiger partial charge < -0.3 is 4.57 Å². The van der Waals surface area contributed by atoms with Gasteiger partial charge in [-0.3, -0.25) is 0 Å². The number of hydrogen-bond acceptors (Lipinski definition) is 1. The van der Waals surface area contributed by atoms with Crippen LogP contribution in [-0.2, 0) is 6.54 Å². The van der Waals surface area contributed by atoms with E-state index in [1.54, 1.807) is 10.6 Å². The zero-order valence-electron chi connectivity index (χ0n) is 9.59. The Balaban J connectivity index is 2.80. The molecule has 2 rings (SSSR count). The highest BCUT2D eigenvalue weighted by Crippen LogP contribution is 2.27. The smallest absolute Gasteiger partial charge is 0.184 e. The SMILES string of the molecule is CCn1cnc2cc(C(C)C)c(F)c(F)c21. The number of imidazole rings is 1. The molecule has 0 aliphatic heterocycles. The number of nitrogens with zero attached hydrogens (tertiary/aromatic N) is 2. The lowest BCUT2D eigenvalue weighted by atomic mass is 10.0. The van der Waals surface area contributed by atoms with Gasteiger partial charge in [-0.05, 0) is 24.5 Å². The molecule has 0 bridgehead atoms. The Morgan fingerprint density at radius 3 is 2.56 bits per heavy atom. The van der Waals surface area contributed by atoms with Crippen molar-refractivity contribution >= 4 is 11.0 Å². The Labute approximate surface area is 92.9 Å². The monoisotopic (exact) mass is 224 g/mol. The maximum absolute atomic E-state index is 13.9. The van der Waals surface area contributed by atoms with Gasteiger partial charge in [0.05, 0.1) is 11.8 Å². The predicted octanol–water partition coefficient (Wildman–Crippen LogP) is 3.46. The summed E-state index contributed by atoms with van der Waals surface area (Å²) in [6, 6.07) is 1.63. The van der Waals surface area contributed by atoms with E-state index in [1.165, 1.54) is 6.33 Å². The minimum absolute atomic E-state index is 0.0503. The van der Waals surface area contributed by atoms with Crippen LogP contribution in [0.2, 0.25) is 0 Å². The van der Waals surface area contributed by atoms with Gasteiger partial charge in [0, 0.05) is 6.54 Å². The third kappa shape index (κ3) is 1.49. The molecule has 0 fully saturated rings. The molecule has 86 valence electrons. The Hall–Kier alpha value is -1.45. The summed E-state index contributed by atoms with van der Waals surface area (Å²) in [5.41, 5.74) is 1.15. The fourth-order valence-electron chi connectivity index (χ4n) is 1.84. The van der Waals surface area contributed by atoms with Crippen molar-refractivity contribution < 1.29 is 8.78 Å². The zero-order chi connectivity index (χ0) is 11.9. The molecule has 0 spiro atoms. The Bertz CT molecular complexity index is 529. The molecule has 0 saturated heterocycles. The van der Waals surface area contributed by atoms with E-state index in [-0.39, 0.29) is 11.4 Å². The molecular weight excluding hydrogens is 210 g/mol. The van der Waals surface area contributed by atoms with Crippen LogP contribution in [0.1, 0.15) is 32.3 Å². The summed E-state index contributed by atoms with van der Waals surface area (Å²) in [5, 5.41) is 0. The molecule has 0 saturated carbocycles. The van der Waals surface area contributed by atoms with E-state index in [1.807, 2.05) is 20.8 Å². The molecule has 0 unspecified atom stereocenters. The van der Waals surface area contributed by atoms with Crippen LogP contribution in [0.5, 0.6) is 0 Å². The Morgan fingerprint density at radius 1 is 1.31 bits per heavy atom. The summed E-state index contributed by atoms with van der Waals surface area (Å²) >= 11 is 0. The van der Waals surface area contributed by atoms with Crippen molar-refractivity contribution in [3.05, 3.63) is 29.6 Å². The normalized spacial score (nSPS) is 11.6. The third-order valence-corrected chi connectivity index (χ3v) is 2.78. The molecule has 0 amide bonds. The first-order valence-electron chi connectivity index (χ1n) is 5.39. The van der Waals surface area contributed by atoms with Crippen molar-refractivity contribution in [3.63, 3.8) is 0 Å². The second kappa shape index (κ2) is 3.85. The van der Waals surface area contributed by atoms with Crippen molar-refractivity contribution in [1.82, 2.24) is 9.55 Å². The third-order valence-electron chi connectivity index (χ3n) is 2.78. The lowest BCUT2D eigenvalue weighted by molar-refractivity contribution is 0.497. The minimum atomic E-state index is -0.791. The van der Waals surface area contributed by atoms with Crippen LogP contribution in [0, 0.1) is 11.6 Å². The largest absolute Gasteiger partial charge is 0.328 e. The number of aromatic nitrogens is 2. The molecule has 2 aromatic rings. The molecular formula is C12H14F2N2. The van der Waals surface area contributed by atoms with Gasteiger partial charge in [0.1, 0.15) is 5.52 Å². The maximum Gasteiger partial charge on any atom is 0.184 e. The quantitative estimate of drug-likeness (QED) is 0.763. The first-order valence-corrected chi connectivity index (χ1v) is 5.39. The summed E-state index contributed by atoms with van der Waals surface area (Å²) in [5.74, 6) is -1.59. The van der Waals surface area contributed by atoms with Crippen LogP contribution in [0.3, 0.4) is 0 Å². The number of benzene rings is 1. The Morgan fingerprint density at radius 2 is 2.00 bits per heavy atom. The van der Waals surface area contributed by atoms with E-state index in [0.717, 1.165) is 0 Å². The first-order chi connectivity index (χ1) is 7.56. The molecule has 16 heavy (non-hydrogen) atoms. The number of hydrogen-bond donors (Lipinski definition) is 0. The van der Waals surface area contributed by atoms with Gasteiger partial charge in [0.25, 0.3) is 0 Å². The molecule has 0 N–H and O–H groups in total. The summed E-state index contributed by atoms with van der Waals surface area (Å²) in [6.07, 6.45) is 1.54. The van der Waals surface area contributed by atoms with E-state index in [9.17, 15) is 8.78 Å². The van der Waals surface area contributed by atoms with Gasteiger partial charge in [0.2, 0.25) is 0 Å². The van der Waals surface area contributed by atoms with E-state index in [2.05, 4.69) is 4.98 Å². The number of rotatable bonds is 2. The summed E-state index contributed by atoms with van der Waals surface area (Å²) in [7, 11) is 0. The highest BCUT2D eigenvalue weighted by atomic mass is 19.2. The first kappa shape index (κ1) is 11.0. The summed E-state index contributed by atoms with van der Waals surface area (Å²) in [6.45, 7) is 6.11. The lowest BCUT2D eigenvalue weighted by Gasteiger charge is -2.09. The zero-order valence-corrected chi connectivity index (χ0v) is 9.59. The fraction of sp³-hybridized carbons (Fsp3) is 0.417. The molecule has 1 heterocycles. The molecule has 1 aromatic carbocycles. The number of halogens is 2. The minimum Gasteiger partial charge on any atom is -0.328 e. The van der Waals surface area contributed by atoms with Gasteiger partial charge in [-0.15, -0.1) is 0 Å². The van der Waals surface area contributed by atoms with Crippen LogP contribution in [0.25, 0.3) is 11.0 Å². The maximum atomic E-state index is 13.9. The van der Waals surface area contributed by atoms with Crippen LogP contribution < -0.4 is 0 Å². The standard InChI is InChI=1S/C12H14F2N2/c1-4-16-6-15-9-5-8(7(2)3)10(13)11(14)12(9)16/h5-7H,4H2,1-3H3. The number of fused-ring (bicyclic) bond motifs is 1. The van der Waals surface area contributed by atoms with Crippen LogP contribution in [-0.4, -0.2) is 9.55 Å². The van der Waals surface area contributed by atoms with E-state index >= 15 is 0 Å². The van der Waals surface area contributed by atoms with Crippen molar-refractivity contribution in [2.24, 2.45) is 0 Å². The molecule has 0 aliphatic rings. The summed E-state index contributed by atoms with van der Waals surface area (Å²) < 4.78 is 29.2. The van der Waals surface area contributed by atoms with Crippen LogP contribution in [0.4, 0.5) is 8.78 Å². The van der Waals surface area contributed by atoms with Gasteiger partial charge in [0.15, 0.2) is 11.6 Å². The average molecular weight is 224 g/mol. The lowest BCUT2D eigenvalue weighted by Crippen LogP contribution is -2.01. The van der Waals surface area contributed by atoms with E-state index < -0.39 is 11.6 Å². The molecule has 4 heteroatoms. The summed E-state index contributed by atoms with van der Waals surface area (Å²) in [4.78, 5) is 4.09. The second-order valence-corrected chi connectivity index (χ2v) is 4.15. The second-order valence-electron chi connectivity index (χ2n) is 4.15. The van der Waals surface area contributed by atoms with Crippen molar-refractivity contribution in [2.75, 3.05) is 0 Å². The van der Waals surface area contributed by atoms with E-state index in [4.69, 9.17) is 0 Å². The van der Waals surface area contributed by atoms with Gasteiger partial charge in [-0.25, -0.2) is 13.8 Å². The molecule has 1 aromatic heterocycles. The topological polar surface area (TPSA) is 17.8 Å². The van der Waals surface area contributed by atoms with Gasteiger partial charge in [-0.2, -0.15) is 0 Å². The fourth-order valence-corrected chi connectivity index (χ4v) is 1.84. The van der Waals surface area contributed by atoms with Crippen LogP contribution >= 0.6 is 0 Å². The highest BCUT2D eigenvalue weighted by Gasteiger charge is 2.18. The highest BCUT2D eigenvalue weighted by molar-refractivity contribution is 5.77. The van der Waals surface area contributed by atoms with Crippen molar-refractivity contribution in [1.29, 1.82) is 0 Å². The van der Waals surface area contributed by atoms with Gasteiger partial charge >= 0.3 is 0 Å². The Kier molecular flexibility index (Phi) is 2.66. The molecule has 2 nitrogen and oxygen atoms in total. The van der Waals surface area contributed by atoms with Crippen molar-refractivity contribution in [3.8, 4) is 0 Å². The molecule has 0 radical (unpaired) electrons. The number of aryl methyl sites for hydroxylation is 1. The molecule has 0 aliphatic carbocycles. The van der Waals surface area contributed by atoms with Gasteiger partial charge in [-0.1, -0.05) is 13.8 Å². The van der Waals surface area contributed by atoms with Crippen LogP contribution in [0.15, 0.2) is 12.4 Å². The average Bonchev–Trinajstić information content (AvgIpc) is 2.65. The van der Waals surface area contributed by atoms with Crippen molar-refractivity contribution in [2.45, 2.75) is 33.2 Å². The molecule has 0 atom stereocenters. The predicted molar refractivity (Wildman–Crippen MR) is 59.4 cm³/mol. The van der Waals surface area contributed by atoms with E-state index in [0.29, 0.717) is 17.6 Å².